The van der Waals surface area contributed by atoms with E-state index < -0.39 is 5.60 Å². The number of benzene rings is 2. The number of anilines is 1. The lowest BCUT2D eigenvalue weighted by atomic mass is 10.1. The van der Waals surface area contributed by atoms with Crippen molar-refractivity contribution in [2.75, 3.05) is 5.32 Å². The first-order valence-corrected chi connectivity index (χ1v) is 9.88. The Morgan fingerprint density at radius 1 is 1.10 bits per heavy atom. The Labute approximate surface area is 179 Å². The van der Waals surface area contributed by atoms with Crippen molar-refractivity contribution in [1.29, 1.82) is 0 Å². The largest absolute Gasteiger partial charge is 0.478 e. The van der Waals surface area contributed by atoms with Crippen LogP contribution < -0.4 is 10.1 Å². The molecule has 0 fully saturated rings. The second kappa shape index (κ2) is 7.80. The minimum atomic E-state index is -1.09. The molecule has 1 N–H and O–H groups in total. The van der Waals surface area contributed by atoms with Crippen molar-refractivity contribution < 1.29 is 9.53 Å². The Hall–Kier alpha value is -3.38. The predicted molar refractivity (Wildman–Crippen MR) is 118 cm³/mol. The van der Waals surface area contributed by atoms with Crippen LogP contribution in [0.15, 0.2) is 66.9 Å². The summed E-state index contributed by atoms with van der Waals surface area (Å²) in [6.45, 7) is 5.34. The van der Waals surface area contributed by atoms with E-state index in [2.05, 4.69) is 15.4 Å². The van der Waals surface area contributed by atoms with Crippen molar-refractivity contribution in [1.82, 2.24) is 14.8 Å². The molecule has 0 saturated heterocycles. The number of nitrogens with zero attached hydrogens (tertiary/aromatic N) is 3. The first-order valence-electron chi connectivity index (χ1n) is 9.50. The third-order valence-corrected chi connectivity index (χ3v) is 4.95. The molecule has 1 amide bonds. The summed E-state index contributed by atoms with van der Waals surface area (Å²) in [4.78, 5) is 17.4. The second-order valence-corrected chi connectivity index (χ2v) is 7.88. The monoisotopic (exact) mass is 420 g/mol. The number of hydrogen-bond donors (Lipinski definition) is 1. The molecule has 0 aliphatic carbocycles. The lowest BCUT2D eigenvalue weighted by Crippen LogP contribution is -2.42. The Bertz CT molecular complexity index is 1200. The van der Waals surface area contributed by atoms with Gasteiger partial charge in [0.15, 0.2) is 11.2 Å². The van der Waals surface area contributed by atoms with Crippen molar-refractivity contribution in [3.05, 3.63) is 77.6 Å². The van der Waals surface area contributed by atoms with E-state index in [1.165, 1.54) is 0 Å². The summed E-state index contributed by atoms with van der Waals surface area (Å²) in [5.74, 6) is 0.278. The number of carbonyl (C=O) groups excluding carboxylic acids is 1. The fraction of sp³-hybridized carbons (Fsp3) is 0.174. The molecular weight excluding hydrogens is 400 g/mol. The molecule has 0 atom stereocenters. The molecule has 4 rings (SSSR count). The van der Waals surface area contributed by atoms with E-state index in [9.17, 15) is 4.79 Å². The fourth-order valence-corrected chi connectivity index (χ4v) is 3.21. The van der Waals surface area contributed by atoms with Gasteiger partial charge in [-0.15, -0.1) is 0 Å². The van der Waals surface area contributed by atoms with Gasteiger partial charge >= 0.3 is 0 Å². The topological polar surface area (TPSA) is 69.0 Å². The zero-order valence-electron chi connectivity index (χ0n) is 16.9. The van der Waals surface area contributed by atoms with E-state index in [4.69, 9.17) is 16.3 Å². The molecular formula is C23H21ClN4O2. The quantitative estimate of drug-likeness (QED) is 0.483. The van der Waals surface area contributed by atoms with E-state index >= 15 is 0 Å². The average Bonchev–Trinajstić information content (AvgIpc) is 3.06. The summed E-state index contributed by atoms with van der Waals surface area (Å²) in [5.41, 5.74) is 1.97. The Morgan fingerprint density at radius 3 is 2.50 bits per heavy atom. The number of aromatic nitrogens is 3. The van der Waals surface area contributed by atoms with Crippen LogP contribution in [0.3, 0.4) is 0 Å². The van der Waals surface area contributed by atoms with Gasteiger partial charge in [-0.3, -0.25) is 4.79 Å². The van der Waals surface area contributed by atoms with Gasteiger partial charge in [0.2, 0.25) is 0 Å². The molecule has 30 heavy (non-hydrogen) atoms. The highest BCUT2D eigenvalue weighted by atomic mass is 35.5. The normalized spacial score (nSPS) is 11.5. The number of amides is 1. The van der Waals surface area contributed by atoms with Gasteiger partial charge in [0.25, 0.3) is 5.91 Å². The maximum absolute atomic E-state index is 12.8. The number of halogens is 1. The van der Waals surface area contributed by atoms with Crippen LogP contribution in [0.25, 0.3) is 16.7 Å². The number of fused-ring (bicyclic) bond motifs is 1. The smallest absolute Gasteiger partial charge is 0.268 e. The number of nitrogens with one attached hydrogen (secondary N) is 1. The van der Waals surface area contributed by atoms with Crippen LogP contribution in [0, 0.1) is 6.92 Å². The van der Waals surface area contributed by atoms with E-state index in [0.29, 0.717) is 16.5 Å². The summed E-state index contributed by atoms with van der Waals surface area (Å²) >= 11 is 5.91. The molecule has 2 aromatic heterocycles. The summed E-state index contributed by atoms with van der Waals surface area (Å²) in [6, 6.07) is 18.6. The molecule has 7 heteroatoms. The van der Waals surface area contributed by atoms with E-state index in [1.807, 2.05) is 43.3 Å². The van der Waals surface area contributed by atoms with Crippen LogP contribution in [0.2, 0.25) is 5.02 Å². The molecule has 152 valence electrons. The van der Waals surface area contributed by atoms with Gasteiger partial charge in [-0.25, -0.2) is 9.67 Å². The highest BCUT2D eigenvalue weighted by Crippen LogP contribution is 2.25. The number of pyridine rings is 1. The van der Waals surface area contributed by atoms with Crippen LogP contribution in [0.1, 0.15) is 19.5 Å². The van der Waals surface area contributed by atoms with Gasteiger partial charge in [-0.05, 0) is 63.2 Å². The average molecular weight is 421 g/mol. The third-order valence-electron chi connectivity index (χ3n) is 4.70. The zero-order valence-corrected chi connectivity index (χ0v) is 17.6. The van der Waals surface area contributed by atoms with Crippen molar-refractivity contribution in [2.24, 2.45) is 0 Å². The SMILES string of the molecule is Cc1nn(-c2ccccc2)c2ncc(NC(=O)C(C)(C)Oc3ccc(Cl)cc3)cc12. The summed E-state index contributed by atoms with van der Waals surface area (Å²) in [7, 11) is 0. The van der Waals surface area contributed by atoms with Crippen LogP contribution in [-0.4, -0.2) is 26.3 Å². The van der Waals surface area contributed by atoms with Crippen LogP contribution >= 0.6 is 11.6 Å². The summed E-state index contributed by atoms with van der Waals surface area (Å²) < 4.78 is 7.65. The fourth-order valence-electron chi connectivity index (χ4n) is 3.09. The molecule has 4 aromatic rings. The van der Waals surface area contributed by atoms with Crippen LogP contribution in [0.5, 0.6) is 5.75 Å². The third kappa shape index (κ3) is 4.00. The highest BCUT2D eigenvalue weighted by molar-refractivity contribution is 6.30. The summed E-state index contributed by atoms with van der Waals surface area (Å²) in [5, 5.41) is 8.97. The van der Waals surface area contributed by atoms with Gasteiger partial charge in [0.05, 0.1) is 23.3 Å². The number of carbonyl (C=O) groups is 1. The lowest BCUT2D eigenvalue weighted by Gasteiger charge is -2.25. The highest BCUT2D eigenvalue weighted by Gasteiger charge is 2.30. The van der Waals surface area contributed by atoms with E-state index in [0.717, 1.165) is 22.4 Å². The Kier molecular flexibility index (Phi) is 5.18. The molecule has 0 bridgehead atoms. The molecule has 2 aromatic carbocycles. The first-order chi connectivity index (χ1) is 14.3. The standard InChI is InChI=1S/C23H21ClN4O2/c1-15-20-13-17(14-25-21(20)28(27-15)18-7-5-4-6-8-18)26-22(29)23(2,3)30-19-11-9-16(24)10-12-19/h4-14H,1-3H3,(H,26,29). The number of para-hydroxylation sites is 1. The first kappa shape index (κ1) is 19.9. The molecule has 2 heterocycles. The number of aryl methyl sites for hydroxylation is 1. The predicted octanol–water partition coefficient (Wildman–Crippen LogP) is 5.18. The van der Waals surface area contributed by atoms with Crippen molar-refractivity contribution >= 4 is 34.2 Å². The van der Waals surface area contributed by atoms with Gasteiger partial charge in [-0.1, -0.05) is 29.8 Å². The Morgan fingerprint density at radius 2 is 1.80 bits per heavy atom. The van der Waals surface area contributed by atoms with Gasteiger partial charge in [0.1, 0.15) is 5.75 Å². The van der Waals surface area contributed by atoms with Gasteiger partial charge in [-0.2, -0.15) is 5.10 Å². The minimum Gasteiger partial charge on any atom is -0.478 e. The van der Waals surface area contributed by atoms with Crippen molar-refractivity contribution in [2.45, 2.75) is 26.4 Å². The number of hydrogen-bond acceptors (Lipinski definition) is 4. The number of ether oxygens (including phenoxy) is 1. The number of rotatable bonds is 5. The lowest BCUT2D eigenvalue weighted by molar-refractivity contribution is -0.128. The van der Waals surface area contributed by atoms with Crippen LogP contribution in [-0.2, 0) is 4.79 Å². The molecule has 0 spiro atoms. The van der Waals surface area contributed by atoms with Gasteiger partial charge < -0.3 is 10.1 Å². The molecule has 0 saturated carbocycles. The minimum absolute atomic E-state index is 0.285. The summed E-state index contributed by atoms with van der Waals surface area (Å²) in [6.07, 6.45) is 1.62. The van der Waals surface area contributed by atoms with Crippen molar-refractivity contribution in [3.63, 3.8) is 0 Å². The molecule has 6 nitrogen and oxygen atoms in total. The maximum Gasteiger partial charge on any atom is 0.268 e. The molecule has 0 aliphatic heterocycles. The van der Waals surface area contributed by atoms with E-state index in [1.54, 1.807) is 49.0 Å². The van der Waals surface area contributed by atoms with E-state index in [-0.39, 0.29) is 5.91 Å². The molecule has 0 aliphatic rings. The molecule has 0 unspecified atom stereocenters. The maximum atomic E-state index is 12.8. The Balaban J connectivity index is 1.57. The van der Waals surface area contributed by atoms with Gasteiger partial charge in [0, 0.05) is 10.4 Å². The zero-order chi connectivity index (χ0) is 21.3. The van der Waals surface area contributed by atoms with Crippen LogP contribution in [0.4, 0.5) is 5.69 Å². The molecule has 0 radical (unpaired) electrons. The van der Waals surface area contributed by atoms with Crippen molar-refractivity contribution in [3.8, 4) is 11.4 Å². The second-order valence-electron chi connectivity index (χ2n) is 7.45.